The van der Waals surface area contributed by atoms with Gasteiger partial charge in [-0.15, -0.1) is 0 Å². The number of para-hydroxylation sites is 1. The Morgan fingerprint density at radius 3 is 2.82 bits per heavy atom. The first kappa shape index (κ1) is 14.6. The number of halogens is 2. The van der Waals surface area contributed by atoms with Crippen LogP contribution in [0.4, 0.5) is 10.1 Å². The van der Waals surface area contributed by atoms with E-state index in [1.54, 1.807) is 19.1 Å². The Morgan fingerprint density at radius 1 is 1.27 bits per heavy atom. The van der Waals surface area contributed by atoms with Crippen molar-refractivity contribution in [2.75, 3.05) is 11.9 Å². The zero-order chi connectivity index (χ0) is 15.7. The molecule has 3 rings (SSSR count). The minimum Gasteiger partial charge on any atom is -0.453 e. The van der Waals surface area contributed by atoms with Crippen molar-refractivity contribution in [1.82, 2.24) is 0 Å². The van der Waals surface area contributed by atoms with Crippen molar-refractivity contribution in [2.45, 2.75) is 6.92 Å². The summed E-state index contributed by atoms with van der Waals surface area (Å²) in [4.78, 5) is 12.3. The summed E-state index contributed by atoms with van der Waals surface area (Å²) in [6, 6.07) is 11.4. The van der Waals surface area contributed by atoms with Gasteiger partial charge in [-0.1, -0.05) is 23.7 Å². The van der Waals surface area contributed by atoms with E-state index < -0.39 is 0 Å². The highest BCUT2D eigenvalue weighted by Crippen LogP contribution is 2.27. The van der Waals surface area contributed by atoms with Crippen LogP contribution in [0.25, 0.3) is 11.0 Å². The molecule has 0 radical (unpaired) electrons. The van der Waals surface area contributed by atoms with Gasteiger partial charge in [0.05, 0.1) is 17.3 Å². The highest BCUT2D eigenvalue weighted by atomic mass is 35.5. The predicted molar refractivity (Wildman–Crippen MR) is 85.2 cm³/mol. The lowest BCUT2D eigenvalue weighted by atomic mass is 10.1. The van der Waals surface area contributed by atoms with E-state index in [0.29, 0.717) is 27.2 Å². The standard InChI is InChI=1S/C17H13ClFNO2/c1-10-12-8-11(19)6-7-16(12)22-17(10)15(21)9-20-14-5-3-2-4-13(14)18/h2-8,20H,9H2,1H3. The maximum atomic E-state index is 13.3. The molecule has 22 heavy (non-hydrogen) atoms. The molecule has 112 valence electrons. The third kappa shape index (κ3) is 2.70. The molecule has 2 aromatic carbocycles. The molecular weight excluding hydrogens is 305 g/mol. The van der Waals surface area contributed by atoms with Gasteiger partial charge in [-0.2, -0.15) is 0 Å². The summed E-state index contributed by atoms with van der Waals surface area (Å²) >= 11 is 6.03. The number of furan rings is 1. The first-order valence-electron chi connectivity index (χ1n) is 6.76. The lowest BCUT2D eigenvalue weighted by molar-refractivity contribution is 0.0981. The SMILES string of the molecule is Cc1c(C(=O)CNc2ccccc2Cl)oc2ccc(F)cc12. The Kier molecular flexibility index (Phi) is 3.86. The van der Waals surface area contributed by atoms with Crippen molar-refractivity contribution in [1.29, 1.82) is 0 Å². The van der Waals surface area contributed by atoms with Crippen LogP contribution in [0.3, 0.4) is 0 Å². The molecule has 3 aromatic rings. The van der Waals surface area contributed by atoms with Crippen LogP contribution < -0.4 is 5.32 Å². The van der Waals surface area contributed by atoms with Gasteiger partial charge in [0.1, 0.15) is 11.4 Å². The summed E-state index contributed by atoms with van der Waals surface area (Å²) in [6.07, 6.45) is 0. The summed E-state index contributed by atoms with van der Waals surface area (Å²) in [5, 5.41) is 4.13. The molecule has 5 heteroatoms. The Balaban J connectivity index is 1.83. The number of Topliss-reactive ketones (excluding diaryl/α,β-unsaturated/α-hetero) is 1. The van der Waals surface area contributed by atoms with E-state index in [2.05, 4.69) is 5.32 Å². The average molecular weight is 318 g/mol. The number of fused-ring (bicyclic) bond motifs is 1. The Hall–Kier alpha value is -2.33. The van der Waals surface area contributed by atoms with E-state index in [4.69, 9.17) is 16.0 Å². The summed E-state index contributed by atoms with van der Waals surface area (Å²) < 4.78 is 18.8. The van der Waals surface area contributed by atoms with Gasteiger partial charge in [0.15, 0.2) is 5.76 Å². The van der Waals surface area contributed by atoms with Crippen LogP contribution in [-0.4, -0.2) is 12.3 Å². The number of anilines is 1. The first-order valence-corrected chi connectivity index (χ1v) is 7.14. The highest BCUT2D eigenvalue weighted by molar-refractivity contribution is 6.33. The number of carbonyl (C=O) groups is 1. The van der Waals surface area contributed by atoms with Crippen LogP contribution in [0, 0.1) is 12.7 Å². The molecule has 0 spiro atoms. The fourth-order valence-corrected chi connectivity index (χ4v) is 2.52. The van der Waals surface area contributed by atoms with Crippen LogP contribution in [0.2, 0.25) is 5.02 Å². The summed E-state index contributed by atoms with van der Waals surface area (Å²) in [7, 11) is 0. The van der Waals surface area contributed by atoms with Crippen LogP contribution in [-0.2, 0) is 0 Å². The van der Waals surface area contributed by atoms with Gasteiger partial charge in [-0.05, 0) is 37.3 Å². The molecular formula is C17H13ClFNO2. The van der Waals surface area contributed by atoms with Crippen molar-refractivity contribution in [2.24, 2.45) is 0 Å². The second-order valence-electron chi connectivity index (χ2n) is 4.95. The fraction of sp³-hybridized carbons (Fsp3) is 0.118. The van der Waals surface area contributed by atoms with Crippen molar-refractivity contribution in [3.05, 3.63) is 64.6 Å². The van der Waals surface area contributed by atoms with Gasteiger partial charge < -0.3 is 9.73 Å². The molecule has 0 aliphatic carbocycles. The Labute approximate surface area is 131 Å². The third-order valence-electron chi connectivity index (χ3n) is 3.46. The second kappa shape index (κ2) is 5.81. The largest absolute Gasteiger partial charge is 0.453 e. The molecule has 3 nitrogen and oxygen atoms in total. The zero-order valence-electron chi connectivity index (χ0n) is 11.8. The van der Waals surface area contributed by atoms with E-state index in [0.717, 1.165) is 0 Å². The fourth-order valence-electron chi connectivity index (χ4n) is 2.32. The second-order valence-corrected chi connectivity index (χ2v) is 5.36. The molecule has 0 aliphatic heterocycles. The van der Waals surface area contributed by atoms with Crippen LogP contribution in [0.15, 0.2) is 46.9 Å². The van der Waals surface area contributed by atoms with Crippen molar-refractivity contribution in [3.63, 3.8) is 0 Å². The number of nitrogens with one attached hydrogen (secondary N) is 1. The quantitative estimate of drug-likeness (QED) is 0.701. The molecule has 1 aromatic heterocycles. The summed E-state index contributed by atoms with van der Waals surface area (Å²) in [5.41, 5.74) is 1.82. The number of rotatable bonds is 4. The van der Waals surface area contributed by atoms with Crippen molar-refractivity contribution < 1.29 is 13.6 Å². The Bertz CT molecular complexity index is 857. The van der Waals surface area contributed by atoms with E-state index in [1.807, 2.05) is 12.1 Å². The highest BCUT2D eigenvalue weighted by Gasteiger charge is 2.18. The predicted octanol–water partition coefficient (Wildman–Crippen LogP) is 4.83. The number of ketones is 1. The molecule has 0 aliphatic rings. The maximum absolute atomic E-state index is 13.3. The van der Waals surface area contributed by atoms with Gasteiger partial charge in [-0.3, -0.25) is 4.79 Å². The number of benzene rings is 2. The normalized spacial score (nSPS) is 10.9. The molecule has 1 heterocycles. The van der Waals surface area contributed by atoms with Crippen LogP contribution in [0.1, 0.15) is 16.1 Å². The average Bonchev–Trinajstić information content (AvgIpc) is 2.83. The molecule has 0 unspecified atom stereocenters. The molecule has 0 bridgehead atoms. The minimum absolute atomic E-state index is 0.0485. The third-order valence-corrected chi connectivity index (χ3v) is 3.79. The number of hydrogen-bond acceptors (Lipinski definition) is 3. The van der Waals surface area contributed by atoms with Crippen LogP contribution in [0.5, 0.6) is 0 Å². The van der Waals surface area contributed by atoms with Gasteiger partial charge >= 0.3 is 0 Å². The monoisotopic (exact) mass is 317 g/mol. The Morgan fingerprint density at radius 2 is 2.05 bits per heavy atom. The van der Waals surface area contributed by atoms with Crippen LogP contribution >= 0.6 is 11.6 Å². The van der Waals surface area contributed by atoms with Gasteiger partial charge in [-0.25, -0.2) is 4.39 Å². The first-order chi connectivity index (χ1) is 10.6. The number of carbonyl (C=O) groups excluding carboxylic acids is 1. The molecule has 0 fully saturated rings. The smallest absolute Gasteiger partial charge is 0.217 e. The summed E-state index contributed by atoms with van der Waals surface area (Å²) in [5.74, 6) is -0.334. The molecule has 0 atom stereocenters. The van der Waals surface area contributed by atoms with E-state index in [-0.39, 0.29) is 23.9 Å². The molecule has 0 saturated carbocycles. The van der Waals surface area contributed by atoms with Crippen molar-refractivity contribution in [3.8, 4) is 0 Å². The minimum atomic E-state index is -0.357. The lowest BCUT2D eigenvalue weighted by Crippen LogP contribution is -2.14. The maximum Gasteiger partial charge on any atom is 0.217 e. The van der Waals surface area contributed by atoms with E-state index in [9.17, 15) is 9.18 Å². The van der Waals surface area contributed by atoms with Gasteiger partial charge in [0.25, 0.3) is 0 Å². The lowest BCUT2D eigenvalue weighted by Gasteiger charge is -2.06. The summed E-state index contributed by atoms with van der Waals surface area (Å²) in [6.45, 7) is 1.79. The van der Waals surface area contributed by atoms with Gasteiger partial charge in [0.2, 0.25) is 5.78 Å². The molecule has 0 amide bonds. The van der Waals surface area contributed by atoms with Crippen molar-refractivity contribution >= 4 is 34.0 Å². The van der Waals surface area contributed by atoms with E-state index in [1.165, 1.54) is 18.2 Å². The molecule has 1 N–H and O–H groups in total. The topological polar surface area (TPSA) is 42.2 Å². The zero-order valence-corrected chi connectivity index (χ0v) is 12.6. The molecule has 0 saturated heterocycles. The van der Waals surface area contributed by atoms with Gasteiger partial charge in [0, 0.05) is 10.9 Å². The van der Waals surface area contributed by atoms with E-state index >= 15 is 0 Å². The number of hydrogen-bond donors (Lipinski definition) is 1. The number of aryl methyl sites for hydroxylation is 1.